The van der Waals surface area contributed by atoms with Crippen LogP contribution in [-0.4, -0.2) is 11.9 Å². The average molecular weight is 246 g/mol. The van der Waals surface area contributed by atoms with Crippen molar-refractivity contribution < 1.29 is 4.79 Å². The first-order valence-electron chi connectivity index (χ1n) is 6.84. The monoisotopic (exact) mass is 246 g/mol. The topological polar surface area (TPSA) is 55.1 Å². The smallest absolute Gasteiger partial charge is 0.251 e. The lowest BCUT2D eigenvalue weighted by atomic mass is 10.1. The van der Waals surface area contributed by atoms with Crippen molar-refractivity contribution in [2.45, 2.75) is 51.5 Å². The lowest BCUT2D eigenvalue weighted by Crippen LogP contribution is -2.34. The van der Waals surface area contributed by atoms with Crippen molar-refractivity contribution in [3.05, 3.63) is 29.3 Å². The van der Waals surface area contributed by atoms with Crippen LogP contribution in [0.5, 0.6) is 0 Å². The Bertz CT molecular complexity index is 421. The first-order valence-corrected chi connectivity index (χ1v) is 6.84. The lowest BCUT2D eigenvalue weighted by Gasteiger charge is -2.16. The highest BCUT2D eigenvalue weighted by Crippen LogP contribution is 2.18. The van der Waals surface area contributed by atoms with E-state index in [1.165, 1.54) is 25.7 Å². The standard InChI is InChI=1S/C15H22N2O/c1-11-10-12(8-9-14(11)16)15(18)17-13-6-4-2-3-5-7-13/h8-10,13H,2-7,16H2,1H3,(H,17,18). The van der Waals surface area contributed by atoms with Gasteiger partial charge in [-0.3, -0.25) is 4.79 Å². The SMILES string of the molecule is Cc1cc(C(=O)NC2CCCCCC2)ccc1N. The highest BCUT2D eigenvalue weighted by molar-refractivity contribution is 5.95. The zero-order valence-corrected chi connectivity index (χ0v) is 11.0. The van der Waals surface area contributed by atoms with Gasteiger partial charge >= 0.3 is 0 Å². The van der Waals surface area contributed by atoms with Gasteiger partial charge in [-0.15, -0.1) is 0 Å². The third kappa shape index (κ3) is 3.25. The van der Waals surface area contributed by atoms with E-state index in [2.05, 4.69) is 5.32 Å². The molecule has 0 bridgehead atoms. The fourth-order valence-electron chi connectivity index (χ4n) is 2.51. The molecular weight excluding hydrogens is 224 g/mol. The predicted molar refractivity (Wildman–Crippen MR) is 74.5 cm³/mol. The maximum absolute atomic E-state index is 12.1. The third-order valence-electron chi connectivity index (χ3n) is 3.72. The molecule has 0 spiro atoms. The molecule has 3 nitrogen and oxygen atoms in total. The summed E-state index contributed by atoms with van der Waals surface area (Å²) in [6.45, 7) is 1.93. The molecule has 2 rings (SSSR count). The summed E-state index contributed by atoms with van der Waals surface area (Å²) in [6, 6.07) is 5.81. The van der Waals surface area contributed by atoms with Crippen molar-refractivity contribution in [2.24, 2.45) is 0 Å². The van der Waals surface area contributed by atoms with Crippen LogP contribution in [0, 0.1) is 6.92 Å². The summed E-state index contributed by atoms with van der Waals surface area (Å²) in [6.07, 6.45) is 7.28. The summed E-state index contributed by atoms with van der Waals surface area (Å²) in [5.74, 6) is 0.0324. The van der Waals surface area contributed by atoms with Gasteiger partial charge in [-0.05, 0) is 43.5 Å². The molecule has 0 heterocycles. The van der Waals surface area contributed by atoms with E-state index in [4.69, 9.17) is 5.73 Å². The number of carbonyl (C=O) groups excluding carboxylic acids is 1. The number of amides is 1. The van der Waals surface area contributed by atoms with Gasteiger partial charge in [0.1, 0.15) is 0 Å². The number of hydrogen-bond donors (Lipinski definition) is 2. The van der Waals surface area contributed by atoms with E-state index in [1.807, 2.05) is 13.0 Å². The second kappa shape index (κ2) is 5.89. The molecule has 0 aromatic heterocycles. The Balaban J connectivity index is 1.99. The summed E-state index contributed by atoms with van der Waals surface area (Å²) < 4.78 is 0. The zero-order valence-electron chi connectivity index (χ0n) is 11.0. The Morgan fingerprint density at radius 1 is 1.22 bits per heavy atom. The van der Waals surface area contributed by atoms with Crippen LogP contribution >= 0.6 is 0 Å². The van der Waals surface area contributed by atoms with E-state index in [0.29, 0.717) is 11.6 Å². The quantitative estimate of drug-likeness (QED) is 0.622. The molecule has 0 atom stereocenters. The molecule has 0 saturated heterocycles. The molecule has 3 heteroatoms. The van der Waals surface area contributed by atoms with E-state index >= 15 is 0 Å². The van der Waals surface area contributed by atoms with Crippen LogP contribution in [-0.2, 0) is 0 Å². The van der Waals surface area contributed by atoms with E-state index in [-0.39, 0.29) is 5.91 Å². The van der Waals surface area contributed by atoms with E-state index in [1.54, 1.807) is 12.1 Å². The summed E-state index contributed by atoms with van der Waals surface area (Å²) in [5.41, 5.74) is 8.17. The van der Waals surface area contributed by atoms with Gasteiger partial charge in [0.25, 0.3) is 5.91 Å². The summed E-state index contributed by atoms with van der Waals surface area (Å²) in [7, 11) is 0. The Morgan fingerprint density at radius 2 is 1.89 bits per heavy atom. The molecule has 1 aliphatic carbocycles. The van der Waals surface area contributed by atoms with Crippen molar-refractivity contribution >= 4 is 11.6 Å². The Kier molecular flexibility index (Phi) is 4.24. The molecule has 3 N–H and O–H groups in total. The molecule has 1 aromatic rings. The minimum absolute atomic E-state index is 0.0324. The zero-order chi connectivity index (χ0) is 13.0. The van der Waals surface area contributed by atoms with Gasteiger partial charge in [0.05, 0.1) is 0 Å². The number of nitrogens with two attached hydrogens (primary N) is 1. The van der Waals surface area contributed by atoms with Crippen LogP contribution < -0.4 is 11.1 Å². The molecule has 18 heavy (non-hydrogen) atoms. The average Bonchev–Trinajstić information content (AvgIpc) is 2.61. The van der Waals surface area contributed by atoms with Crippen molar-refractivity contribution in [3.8, 4) is 0 Å². The van der Waals surface area contributed by atoms with Crippen molar-refractivity contribution in [2.75, 3.05) is 5.73 Å². The number of benzene rings is 1. The number of nitrogens with one attached hydrogen (secondary N) is 1. The van der Waals surface area contributed by atoms with Crippen molar-refractivity contribution in [1.82, 2.24) is 5.32 Å². The highest BCUT2D eigenvalue weighted by Gasteiger charge is 2.15. The molecule has 1 saturated carbocycles. The summed E-state index contributed by atoms with van der Waals surface area (Å²) in [5, 5.41) is 3.14. The van der Waals surface area contributed by atoms with Crippen LogP contribution in [0.4, 0.5) is 5.69 Å². The van der Waals surface area contributed by atoms with Gasteiger partial charge < -0.3 is 11.1 Å². The first kappa shape index (κ1) is 12.9. The number of aryl methyl sites for hydroxylation is 1. The van der Waals surface area contributed by atoms with Gasteiger partial charge in [-0.1, -0.05) is 25.7 Å². The van der Waals surface area contributed by atoms with Gasteiger partial charge in [0, 0.05) is 17.3 Å². The Hall–Kier alpha value is -1.51. The minimum atomic E-state index is 0.0324. The van der Waals surface area contributed by atoms with Crippen LogP contribution in [0.1, 0.15) is 54.4 Å². The second-order valence-electron chi connectivity index (χ2n) is 5.23. The molecule has 1 amide bonds. The minimum Gasteiger partial charge on any atom is -0.399 e. The van der Waals surface area contributed by atoms with Crippen LogP contribution in [0.15, 0.2) is 18.2 Å². The normalized spacial score (nSPS) is 17.2. The van der Waals surface area contributed by atoms with Gasteiger partial charge in [0.15, 0.2) is 0 Å². The molecule has 98 valence electrons. The molecule has 0 aliphatic heterocycles. The number of rotatable bonds is 2. The number of nitrogen functional groups attached to an aromatic ring is 1. The molecule has 0 radical (unpaired) electrons. The van der Waals surface area contributed by atoms with Gasteiger partial charge in [-0.2, -0.15) is 0 Å². The maximum atomic E-state index is 12.1. The molecule has 0 unspecified atom stereocenters. The van der Waals surface area contributed by atoms with Gasteiger partial charge in [-0.25, -0.2) is 0 Å². The van der Waals surface area contributed by atoms with Crippen molar-refractivity contribution in [1.29, 1.82) is 0 Å². The molecule has 1 aromatic carbocycles. The molecule has 1 aliphatic rings. The van der Waals surface area contributed by atoms with Crippen molar-refractivity contribution in [3.63, 3.8) is 0 Å². The van der Waals surface area contributed by atoms with Crippen LogP contribution in [0.2, 0.25) is 0 Å². The fraction of sp³-hybridized carbons (Fsp3) is 0.533. The van der Waals surface area contributed by atoms with E-state index < -0.39 is 0 Å². The molecule has 1 fully saturated rings. The highest BCUT2D eigenvalue weighted by atomic mass is 16.1. The third-order valence-corrected chi connectivity index (χ3v) is 3.72. The van der Waals surface area contributed by atoms with E-state index in [0.717, 1.165) is 24.1 Å². The maximum Gasteiger partial charge on any atom is 0.251 e. The number of anilines is 1. The number of carbonyl (C=O) groups is 1. The summed E-state index contributed by atoms with van der Waals surface area (Å²) in [4.78, 5) is 12.1. The Morgan fingerprint density at radius 3 is 2.50 bits per heavy atom. The number of hydrogen-bond acceptors (Lipinski definition) is 2. The van der Waals surface area contributed by atoms with Crippen LogP contribution in [0.25, 0.3) is 0 Å². The first-order chi connectivity index (χ1) is 8.66. The largest absolute Gasteiger partial charge is 0.399 e. The van der Waals surface area contributed by atoms with Gasteiger partial charge in [0.2, 0.25) is 0 Å². The van der Waals surface area contributed by atoms with E-state index in [9.17, 15) is 4.79 Å². The predicted octanol–water partition coefficient (Wildman–Crippen LogP) is 3.03. The summed E-state index contributed by atoms with van der Waals surface area (Å²) >= 11 is 0. The molecular formula is C15H22N2O. The fourth-order valence-corrected chi connectivity index (χ4v) is 2.51. The van der Waals surface area contributed by atoms with Crippen LogP contribution in [0.3, 0.4) is 0 Å². The lowest BCUT2D eigenvalue weighted by molar-refractivity contribution is 0.0933. The Labute approximate surface area is 109 Å². The second-order valence-corrected chi connectivity index (χ2v) is 5.23.